The van der Waals surface area contributed by atoms with Crippen LogP contribution in [0.2, 0.25) is 0 Å². The maximum atomic E-state index is 12.9. The van der Waals surface area contributed by atoms with Gasteiger partial charge in [-0.25, -0.2) is 9.38 Å². The van der Waals surface area contributed by atoms with Crippen LogP contribution in [0.15, 0.2) is 29.3 Å². The van der Waals surface area contributed by atoms with Crippen molar-refractivity contribution >= 4 is 5.96 Å². The number of aliphatic imine (C=N–C) groups is 1. The SMILES string of the molecule is CCCC(CCO)CNC(=NCc1ccc(F)cc1)NCC. The number of rotatable bonds is 9. The quantitative estimate of drug-likeness (QED) is 0.485. The molecule has 1 atom stereocenters. The Bertz CT molecular complexity index is 428. The number of aliphatic hydroxyl groups is 1. The normalized spacial score (nSPS) is 13.0. The number of benzene rings is 1. The maximum absolute atomic E-state index is 12.9. The lowest BCUT2D eigenvalue weighted by Crippen LogP contribution is -2.40. The minimum atomic E-state index is -0.232. The predicted molar refractivity (Wildman–Crippen MR) is 89.3 cm³/mol. The second-order valence-electron chi connectivity index (χ2n) is 5.37. The number of nitrogens with one attached hydrogen (secondary N) is 2. The first kappa shape index (κ1) is 18.4. The van der Waals surface area contributed by atoms with Crippen LogP contribution in [-0.4, -0.2) is 30.8 Å². The molecule has 0 aliphatic carbocycles. The molecule has 0 heterocycles. The van der Waals surface area contributed by atoms with E-state index in [2.05, 4.69) is 22.5 Å². The zero-order valence-electron chi connectivity index (χ0n) is 13.6. The highest BCUT2D eigenvalue weighted by molar-refractivity contribution is 5.79. The van der Waals surface area contributed by atoms with Gasteiger partial charge in [0.1, 0.15) is 5.82 Å². The monoisotopic (exact) mass is 309 g/mol. The van der Waals surface area contributed by atoms with E-state index >= 15 is 0 Å². The Morgan fingerprint density at radius 3 is 2.50 bits per heavy atom. The van der Waals surface area contributed by atoms with Gasteiger partial charge in [-0.1, -0.05) is 25.5 Å². The molecule has 0 saturated carbocycles. The van der Waals surface area contributed by atoms with Crippen molar-refractivity contribution in [3.8, 4) is 0 Å². The molecule has 0 radical (unpaired) electrons. The summed E-state index contributed by atoms with van der Waals surface area (Å²) in [6.07, 6.45) is 3.00. The lowest BCUT2D eigenvalue weighted by atomic mass is 10.0. The fourth-order valence-corrected chi connectivity index (χ4v) is 2.28. The van der Waals surface area contributed by atoms with E-state index in [0.717, 1.165) is 43.9 Å². The summed E-state index contributed by atoms with van der Waals surface area (Å²) in [4.78, 5) is 4.52. The van der Waals surface area contributed by atoms with E-state index in [1.165, 1.54) is 12.1 Å². The molecule has 4 nitrogen and oxygen atoms in total. The van der Waals surface area contributed by atoms with E-state index in [0.29, 0.717) is 12.5 Å². The van der Waals surface area contributed by atoms with Crippen LogP contribution in [0.5, 0.6) is 0 Å². The van der Waals surface area contributed by atoms with E-state index in [4.69, 9.17) is 5.11 Å². The summed E-state index contributed by atoms with van der Waals surface area (Å²) >= 11 is 0. The molecule has 0 saturated heterocycles. The number of guanidine groups is 1. The van der Waals surface area contributed by atoms with Crippen molar-refractivity contribution in [1.82, 2.24) is 10.6 Å². The molecule has 3 N–H and O–H groups in total. The van der Waals surface area contributed by atoms with Crippen LogP contribution in [0, 0.1) is 11.7 Å². The van der Waals surface area contributed by atoms with Gasteiger partial charge < -0.3 is 15.7 Å². The second-order valence-corrected chi connectivity index (χ2v) is 5.37. The van der Waals surface area contributed by atoms with Crippen LogP contribution in [0.1, 0.15) is 38.7 Å². The molecule has 0 aromatic heterocycles. The highest BCUT2D eigenvalue weighted by atomic mass is 19.1. The van der Waals surface area contributed by atoms with E-state index < -0.39 is 0 Å². The number of hydrogen-bond donors (Lipinski definition) is 3. The lowest BCUT2D eigenvalue weighted by molar-refractivity contribution is 0.251. The van der Waals surface area contributed by atoms with Crippen molar-refractivity contribution in [2.45, 2.75) is 39.7 Å². The molecule has 1 rings (SSSR count). The Balaban J connectivity index is 2.55. The Kier molecular flexibility index (Phi) is 9.23. The zero-order valence-corrected chi connectivity index (χ0v) is 13.6. The molecule has 0 amide bonds. The van der Waals surface area contributed by atoms with Gasteiger partial charge in [-0.2, -0.15) is 0 Å². The van der Waals surface area contributed by atoms with Crippen molar-refractivity contribution in [1.29, 1.82) is 0 Å². The molecule has 0 fully saturated rings. The average molecular weight is 309 g/mol. The molecule has 0 aliphatic rings. The summed E-state index contributed by atoms with van der Waals surface area (Å²) in [6, 6.07) is 6.38. The van der Waals surface area contributed by atoms with Crippen molar-refractivity contribution in [3.63, 3.8) is 0 Å². The first-order valence-corrected chi connectivity index (χ1v) is 8.07. The third-order valence-electron chi connectivity index (χ3n) is 3.47. The molecule has 5 heteroatoms. The third kappa shape index (κ3) is 7.41. The summed E-state index contributed by atoms with van der Waals surface area (Å²) in [6.45, 7) is 6.48. The highest BCUT2D eigenvalue weighted by Gasteiger charge is 2.08. The number of nitrogens with zero attached hydrogens (tertiary/aromatic N) is 1. The van der Waals surface area contributed by atoms with Gasteiger partial charge in [0.25, 0.3) is 0 Å². The van der Waals surface area contributed by atoms with Gasteiger partial charge in [0, 0.05) is 19.7 Å². The highest BCUT2D eigenvalue weighted by Crippen LogP contribution is 2.09. The van der Waals surface area contributed by atoms with E-state index in [1.54, 1.807) is 12.1 Å². The second kappa shape index (κ2) is 11.0. The zero-order chi connectivity index (χ0) is 16.2. The largest absolute Gasteiger partial charge is 0.396 e. The summed E-state index contributed by atoms with van der Waals surface area (Å²) < 4.78 is 12.9. The van der Waals surface area contributed by atoms with Crippen molar-refractivity contribution in [2.75, 3.05) is 19.7 Å². The molecular formula is C17H28FN3O. The minimum Gasteiger partial charge on any atom is -0.396 e. The Labute approximate surface area is 132 Å². The summed E-state index contributed by atoms with van der Waals surface area (Å²) in [5, 5.41) is 15.6. The molecule has 1 aromatic carbocycles. The van der Waals surface area contributed by atoms with Gasteiger partial charge in [-0.3, -0.25) is 0 Å². The summed E-state index contributed by atoms with van der Waals surface area (Å²) in [5.74, 6) is 0.972. The average Bonchev–Trinajstić information content (AvgIpc) is 2.52. The molecule has 124 valence electrons. The van der Waals surface area contributed by atoms with Crippen LogP contribution in [0.25, 0.3) is 0 Å². The molecule has 0 bridgehead atoms. The number of hydrogen-bond acceptors (Lipinski definition) is 2. The molecule has 22 heavy (non-hydrogen) atoms. The van der Waals surface area contributed by atoms with Crippen LogP contribution in [0.4, 0.5) is 4.39 Å². The lowest BCUT2D eigenvalue weighted by Gasteiger charge is -2.18. The van der Waals surface area contributed by atoms with Gasteiger partial charge in [-0.05, 0) is 43.4 Å². The minimum absolute atomic E-state index is 0.218. The molecule has 0 spiro atoms. The van der Waals surface area contributed by atoms with Gasteiger partial charge >= 0.3 is 0 Å². The Morgan fingerprint density at radius 2 is 1.91 bits per heavy atom. The van der Waals surface area contributed by atoms with E-state index in [9.17, 15) is 4.39 Å². The van der Waals surface area contributed by atoms with E-state index in [-0.39, 0.29) is 12.4 Å². The summed E-state index contributed by atoms with van der Waals surface area (Å²) in [7, 11) is 0. The van der Waals surface area contributed by atoms with Gasteiger partial charge in [0.2, 0.25) is 0 Å². The standard InChI is InChI=1S/C17H28FN3O/c1-3-5-14(10-11-22)12-20-17(19-4-2)21-13-15-6-8-16(18)9-7-15/h6-9,14,22H,3-5,10-13H2,1-2H3,(H2,19,20,21). The molecule has 1 aromatic rings. The Morgan fingerprint density at radius 1 is 1.18 bits per heavy atom. The topological polar surface area (TPSA) is 56.6 Å². The third-order valence-corrected chi connectivity index (χ3v) is 3.47. The van der Waals surface area contributed by atoms with Crippen LogP contribution < -0.4 is 10.6 Å². The molecule has 1 unspecified atom stereocenters. The van der Waals surface area contributed by atoms with Crippen molar-refractivity contribution in [3.05, 3.63) is 35.6 Å². The van der Waals surface area contributed by atoms with Crippen molar-refractivity contribution in [2.24, 2.45) is 10.9 Å². The van der Waals surface area contributed by atoms with Gasteiger partial charge in [0.15, 0.2) is 5.96 Å². The smallest absolute Gasteiger partial charge is 0.191 e. The van der Waals surface area contributed by atoms with Gasteiger partial charge in [-0.15, -0.1) is 0 Å². The van der Waals surface area contributed by atoms with Crippen molar-refractivity contribution < 1.29 is 9.50 Å². The predicted octanol–water partition coefficient (Wildman–Crippen LogP) is 2.68. The van der Waals surface area contributed by atoms with E-state index in [1.807, 2.05) is 6.92 Å². The number of aliphatic hydroxyl groups excluding tert-OH is 1. The number of halogens is 1. The fraction of sp³-hybridized carbons (Fsp3) is 0.588. The van der Waals surface area contributed by atoms with Crippen LogP contribution in [0.3, 0.4) is 0 Å². The van der Waals surface area contributed by atoms with Gasteiger partial charge in [0.05, 0.1) is 6.54 Å². The Hall–Kier alpha value is -1.62. The molecule has 0 aliphatic heterocycles. The molecular weight excluding hydrogens is 281 g/mol. The van der Waals surface area contributed by atoms with Crippen LogP contribution >= 0.6 is 0 Å². The summed E-state index contributed by atoms with van der Waals surface area (Å²) in [5.41, 5.74) is 0.971. The maximum Gasteiger partial charge on any atom is 0.191 e. The van der Waals surface area contributed by atoms with Crippen LogP contribution in [-0.2, 0) is 6.54 Å². The fourth-order valence-electron chi connectivity index (χ4n) is 2.28. The first-order chi connectivity index (χ1) is 10.7. The first-order valence-electron chi connectivity index (χ1n) is 8.07.